The lowest BCUT2D eigenvalue weighted by Crippen LogP contribution is -1.99. The first-order valence-electron chi connectivity index (χ1n) is 3.34. The van der Waals surface area contributed by atoms with E-state index in [1.54, 1.807) is 0 Å². The molecule has 14 heavy (non-hydrogen) atoms. The van der Waals surface area contributed by atoms with Gasteiger partial charge in [-0.3, -0.25) is 0 Å². The molecule has 0 atom stereocenters. The van der Waals surface area contributed by atoms with Crippen LogP contribution in [0, 0.1) is 7.14 Å². The third kappa shape index (κ3) is 2.86. The van der Waals surface area contributed by atoms with E-state index in [1.807, 2.05) is 51.2 Å². The number of methoxy groups -OCH3 is 1. The van der Waals surface area contributed by atoms with Crippen molar-refractivity contribution in [2.75, 3.05) is 7.11 Å². The first kappa shape index (κ1) is 12.8. The lowest BCUT2D eigenvalue weighted by molar-refractivity contribution is 0.400. The van der Waals surface area contributed by atoms with E-state index < -0.39 is 9.05 Å². The summed E-state index contributed by atoms with van der Waals surface area (Å²) in [7, 11) is 2.93. The molecular weight excluding hydrogens is 453 g/mol. The number of benzene rings is 1. The monoisotopic (exact) mass is 458 g/mol. The molecule has 7 heteroatoms. The van der Waals surface area contributed by atoms with E-state index in [4.69, 9.17) is 15.4 Å². The fraction of sp³-hybridized carbons (Fsp3) is 0.143. The highest BCUT2D eigenvalue weighted by atomic mass is 127. The van der Waals surface area contributed by atoms with Crippen LogP contribution in [0.4, 0.5) is 0 Å². The van der Waals surface area contributed by atoms with Gasteiger partial charge in [0, 0.05) is 14.3 Å². The topological polar surface area (TPSA) is 43.4 Å². The highest BCUT2D eigenvalue weighted by molar-refractivity contribution is 14.1. The van der Waals surface area contributed by atoms with Gasteiger partial charge in [-0.15, -0.1) is 0 Å². The molecule has 0 heterocycles. The molecule has 1 aromatic carbocycles. The van der Waals surface area contributed by atoms with E-state index in [2.05, 4.69) is 0 Å². The molecule has 0 aliphatic rings. The van der Waals surface area contributed by atoms with Gasteiger partial charge in [0.25, 0.3) is 9.05 Å². The third-order valence-electron chi connectivity index (χ3n) is 1.44. The van der Waals surface area contributed by atoms with Crippen LogP contribution in [0.5, 0.6) is 5.75 Å². The maximum atomic E-state index is 11.2. The summed E-state index contributed by atoms with van der Waals surface area (Å²) in [5.41, 5.74) is 0. The molecule has 0 radical (unpaired) electrons. The van der Waals surface area contributed by atoms with Gasteiger partial charge in [0.15, 0.2) is 5.75 Å². The molecule has 0 spiro atoms. The Kier molecular flexibility index (Phi) is 4.30. The summed E-state index contributed by atoms with van der Waals surface area (Å²) in [5.74, 6) is 0.293. The van der Waals surface area contributed by atoms with Crippen molar-refractivity contribution in [3.63, 3.8) is 0 Å². The minimum atomic E-state index is -3.75. The lowest BCUT2D eigenvalue weighted by Gasteiger charge is -2.08. The van der Waals surface area contributed by atoms with Gasteiger partial charge >= 0.3 is 0 Å². The van der Waals surface area contributed by atoms with Gasteiger partial charge in [0.2, 0.25) is 0 Å². The Morgan fingerprint density at radius 3 is 2.36 bits per heavy atom. The predicted molar refractivity (Wildman–Crippen MR) is 71.5 cm³/mol. The zero-order valence-electron chi connectivity index (χ0n) is 6.92. The van der Waals surface area contributed by atoms with Crippen LogP contribution in [0.2, 0.25) is 0 Å². The summed E-state index contributed by atoms with van der Waals surface area (Å²) in [6.45, 7) is 0. The second-order valence-corrected chi connectivity index (χ2v) is 7.30. The fourth-order valence-electron chi connectivity index (χ4n) is 0.916. The molecule has 0 aliphatic carbocycles. The van der Waals surface area contributed by atoms with Gasteiger partial charge in [-0.05, 0) is 57.3 Å². The van der Waals surface area contributed by atoms with Crippen molar-refractivity contribution in [2.45, 2.75) is 4.90 Å². The molecule has 1 aromatic rings. The summed E-state index contributed by atoms with van der Waals surface area (Å²) < 4.78 is 28.9. The summed E-state index contributed by atoms with van der Waals surface area (Å²) in [4.78, 5) is 0.0120. The average Bonchev–Trinajstić information content (AvgIpc) is 2.01. The van der Waals surface area contributed by atoms with Crippen LogP contribution in [-0.2, 0) is 9.05 Å². The summed E-state index contributed by atoms with van der Waals surface area (Å²) in [6, 6.07) is 3.29. The molecule has 0 saturated carbocycles. The van der Waals surface area contributed by atoms with E-state index in [0.29, 0.717) is 5.75 Å². The number of hydrogen-bond donors (Lipinski definition) is 0. The zero-order chi connectivity index (χ0) is 10.9. The standard InChI is InChI=1S/C7H5ClI2O3S/c1-13-7-5(10)2-4(9)3-6(7)14(8,11)12/h2-3H,1H3. The Bertz CT molecular complexity index is 458. The van der Waals surface area contributed by atoms with Crippen molar-refractivity contribution in [3.8, 4) is 5.75 Å². The van der Waals surface area contributed by atoms with Crippen LogP contribution in [0.1, 0.15) is 0 Å². The second-order valence-electron chi connectivity index (χ2n) is 2.36. The molecule has 0 unspecified atom stereocenters. The van der Waals surface area contributed by atoms with Crippen LogP contribution >= 0.6 is 55.9 Å². The molecule has 3 nitrogen and oxygen atoms in total. The molecule has 0 bridgehead atoms. The summed E-state index contributed by atoms with van der Waals surface area (Å²) in [5, 5.41) is 0. The molecular formula is C7H5ClI2O3S. The average molecular weight is 458 g/mol. The molecule has 1 rings (SSSR count). The molecule has 78 valence electrons. The van der Waals surface area contributed by atoms with Gasteiger partial charge in [0.1, 0.15) is 4.90 Å². The van der Waals surface area contributed by atoms with Gasteiger partial charge in [-0.2, -0.15) is 0 Å². The highest BCUT2D eigenvalue weighted by Crippen LogP contribution is 2.33. The van der Waals surface area contributed by atoms with Crippen LogP contribution in [-0.4, -0.2) is 15.5 Å². The predicted octanol–water partition coefficient (Wildman–Crippen LogP) is 2.83. The SMILES string of the molecule is COc1c(I)cc(I)cc1S(=O)(=O)Cl. The van der Waals surface area contributed by atoms with Crippen LogP contribution in [0.3, 0.4) is 0 Å². The Morgan fingerprint density at radius 2 is 1.93 bits per heavy atom. The maximum Gasteiger partial charge on any atom is 0.265 e. The van der Waals surface area contributed by atoms with Crippen molar-refractivity contribution < 1.29 is 13.2 Å². The third-order valence-corrected chi connectivity index (χ3v) is 4.19. The van der Waals surface area contributed by atoms with Gasteiger partial charge in [-0.25, -0.2) is 8.42 Å². The van der Waals surface area contributed by atoms with Crippen molar-refractivity contribution >= 4 is 64.9 Å². The first-order chi connectivity index (χ1) is 6.36. The lowest BCUT2D eigenvalue weighted by atomic mass is 10.3. The first-order valence-corrected chi connectivity index (χ1v) is 7.80. The van der Waals surface area contributed by atoms with Crippen molar-refractivity contribution in [1.82, 2.24) is 0 Å². The second kappa shape index (κ2) is 4.71. The van der Waals surface area contributed by atoms with E-state index >= 15 is 0 Å². The Hall–Kier alpha value is 0.720. The quantitative estimate of drug-likeness (QED) is 0.506. The van der Waals surface area contributed by atoms with Crippen molar-refractivity contribution in [2.24, 2.45) is 0 Å². The van der Waals surface area contributed by atoms with Crippen LogP contribution in [0.25, 0.3) is 0 Å². The Balaban J connectivity index is 3.56. The molecule has 0 amide bonds. The highest BCUT2D eigenvalue weighted by Gasteiger charge is 2.19. The van der Waals surface area contributed by atoms with Crippen LogP contribution in [0.15, 0.2) is 17.0 Å². The maximum absolute atomic E-state index is 11.2. The zero-order valence-corrected chi connectivity index (χ0v) is 12.8. The number of ether oxygens (including phenoxy) is 1. The van der Waals surface area contributed by atoms with Gasteiger partial charge in [0.05, 0.1) is 10.7 Å². The van der Waals surface area contributed by atoms with Crippen molar-refractivity contribution in [3.05, 3.63) is 19.3 Å². The summed E-state index contributed by atoms with van der Waals surface area (Å²) >= 11 is 4.02. The normalized spacial score (nSPS) is 11.4. The fourth-order valence-corrected chi connectivity index (χ4v) is 4.40. The number of halogens is 3. The molecule has 0 aliphatic heterocycles. The molecule has 0 saturated heterocycles. The number of hydrogen-bond acceptors (Lipinski definition) is 3. The molecule has 0 fully saturated rings. The number of rotatable bonds is 2. The Labute approximate surface area is 114 Å². The van der Waals surface area contributed by atoms with Crippen molar-refractivity contribution in [1.29, 1.82) is 0 Å². The molecule has 0 N–H and O–H groups in total. The smallest absolute Gasteiger partial charge is 0.265 e. The van der Waals surface area contributed by atoms with E-state index in [0.717, 1.165) is 7.14 Å². The minimum Gasteiger partial charge on any atom is -0.494 e. The summed E-state index contributed by atoms with van der Waals surface area (Å²) in [6.07, 6.45) is 0. The molecule has 0 aromatic heterocycles. The van der Waals surface area contributed by atoms with E-state index in [-0.39, 0.29) is 4.90 Å². The van der Waals surface area contributed by atoms with Gasteiger partial charge < -0.3 is 4.74 Å². The largest absolute Gasteiger partial charge is 0.494 e. The minimum absolute atomic E-state index is 0.0120. The van der Waals surface area contributed by atoms with E-state index in [9.17, 15) is 8.42 Å². The Morgan fingerprint density at radius 1 is 1.36 bits per heavy atom. The van der Waals surface area contributed by atoms with Gasteiger partial charge in [-0.1, -0.05) is 0 Å². The van der Waals surface area contributed by atoms with Crippen LogP contribution < -0.4 is 4.74 Å². The van der Waals surface area contributed by atoms with E-state index in [1.165, 1.54) is 13.2 Å².